The van der Waals surface area contributed by atoms with Crippen molar-refractivity contribution >= 4 is 34.2 Å². The van der Waals surface area contributed by atoms with Crippen LogP contribution in [0.5, 0.6) is 0 Å². The Labute approximate surface area is 116 Å². The summed E-state index contributed by atoms with van der Waals surface area (Å²) in [5.74, 6) is 0. The Balaban J connectivity index is 2.49. The topological polar surface area (TPSA) is 154 Å². The molecule has 0 heterocycles. The molecule has 0 atom stereocenters. The predicted octanol–water partition coefficient (Wildman–Crippen LogP) is 0.953. The Hall–Kier alpha value is -2.89. The van der Waals surface area contributed by atoms with Gasteiger partial charge in [0.2, 0.25) is 0 Å². The molecule has 1 aromatic rings. The summed E-state index contributed by atoms with van der Waals surface area (Å²) >= 11 is 0. The van der Waals surface area contributed by atoms with E-state index in [-0.39, 0.29) is 28.5 Å². The highest BCUT2D eigenvalue weighted by Gasteiger charge is 2.33. The maximum Gasteiger partial charge on any atom is 0.0810 e. The maximum absolute atomic E-state index is 8.36. The van der Waals surface area contributed by atoms with Crippen LogP contribution in [-0.4, -0.2) is 5.71 Å². The predicted molar refractivity (Wildman–Crippen MR) is 83.9 cm³/mol. The van der Waals surface area contributed by atoms with Crippen LogP contribution in [0.4, 0.5) is 22.7 Å². The Morgan fingerprint density at radius 1 is 0.800 bits per heavy atom. The number of hydrogen-bond donors (Lipinski definition) is 6. The van der Waals surface area contributed by atoms with Crippen molar-refractivity contribution in [1.82, 2.24) is 0 Å². The summed E-state index contributed by atoms with van der Waals surface area (Å²) in [4.78, 5) is 0. The molecular weight excluding hydrogens is 252 g/mol. The van der Waals surface area contributed by atoms with Crippen LogP contribution in [0.1, 0.15) is 18.1 Å². The standard InChI is InChI=1S/C14H16N6/c1-4-2-3-5-6(4)10(16)8-7(9(5)15)11(17)13(19)14(20)12(8)18/h2-3,15H,16-20H2,1H3. The second kappa shape index (κ2) is 3.57. The lowest BCUT2D eigenvalue weighted by atomic mass is 9.81. The highest BCUT2D eigenvalue weighted by atomic mass is 14.8. The van der Waals surface area contributed by atoms with Crippen molar-refractivity contribution in [1.29, 1.82) is 5.41 Å². The Kier molecular flexibility index (Phi) is 2.17. The molecule has 3 rings (SSSR count). The summed E-state index contributed by atoms with van der Waals surface area (Å²) in [6.45, 7) is 1.93. The van der Waals surface area contributed by atoms with Crippen LogP contribution in [0.2, 0.25) is 0 Å². The van der Waals surface area contributed by atoms with E-state index in [0.717, 1.165) is 16.7 Å². The van der Waals surface area contributed by atoms with E-state index in [0.29, 0.717) is 16.8 Å². The molecule has 20 heavy (non-hydrogen) atoms. The first-order valence-corrected chi connectivity index (χ1v) is 6.10. The van der Waals surface area contributed by atoms with Gasteiger partial charge in [-0.05, 0) is 12.5 Å². The fourth-order valence-electron chi connectivity index (χ4n) is 2.78. The van der Waals surface area contributed by atoms with Gasteiger partial charge in [-0.15, -0.1) is 0 Å². The zero-order valence-corrected chi connectivity index (χ0v) is 11.0. The van der Waals surface area contributed by atoms with Crippen molar-refractivity contribution in [3.8, 4) is 0 Å². The van der Waals surface area contributed by atoms with Gasteiger partial charge in [0, 0.05) is 28.0 Å². The van der Waals surface area contributed by atoms with E-state index in [1.807, 2.05) is 19.1 Å². The van der Waals surface area contributed by atoms with E-state index in [1.54, 1.807) is 0 Å². The lowest BCUT2D eigenvalue weighted by Gasteiger charge is -2.27. The lowest BCUT2D eigenvalue weighted by Crippen LogP contribution is -2.23. The van der Waals surface area contributed by atoms with E-state index >= 15 is 0 Å². The number of rotatable bonds is 0. The molecule has 11 N–H and O–H groups in total. The molecular formula is C14H16N6. The number of nitrogens with one attached hydrogen (secondary N) is 1. The van der Waals surface area contributed by atoms with E-state index in [9.17, 15) is 0 Å². The molecule has 0 unspecified atom stereocenters. The zero-order chi connectivity index (χ0) is 14.8. The molecule has 2 aliphatic rings. The van der Waals surface area contributed by atoms with Crippen molar-refractivity contribution in [3.63, 3.8) is 0 Å². The van der Waals surface area contributed by atoms with Gasteiger partial charge in [-0.2, -0.15) is 0 Å². The molecule has 0 aromatic heterocycles. The molecule has 6 nitrogen and oxygen atoms in total. The van der Waals surface area contributed by atoms with Gasteiger partial charge in [0.05, 0.1) is 28.5 Å². The summed E-state index contributed by atoms with van der Waals surface area (Å²) in [6, 6.07) is 0. The molecule has 0 aliphatic heterocycles. The summed E-state index contributed by atoms with van der Waals surface area (Å²) in [6.07, 6.45) is 3.77. The number of fused-ring (bicyclic) bond motifs is 2. The Morgan fingerprint density at radius 2 is 1.35 bits per heavy atom. The van der Waals surface area contributed by atoms with Crippen molar-refractivity contribution in [2.45, 2.75) is 6.92 Å². The van der Waals surface area contributed by atoms with Gasteiger partial charge in [-0.3, -0.25) is 5.41 Å². The van der Waals surface area contributed by atoms with Crippen LogP contribution in [0, 0.1) is 5.41 Å². The van der Waals surface area contributed by atoms with Crippen LogP contribution in [0.15, 0.2) is 28.9 Å². The SMILES string of the molecule is CC1=CC=C2C(=N)c3c(N)c(N)c(N)c(N)c3C(N)=C12. The summed E-state index contributed by atoms with van der Waals surface area (Å²) < 4.78 is 0. The van der Waals surface area contributed by atoms with Crippen molar-refractivity contribution in [3.05, 3.63) is 40.0 Å². The maximum atomic E-state index is 8.36. The molecule has 0 fully saturated rings. The molecule has 102 valence electrons. The van der Waals surface area contributed by atoms with Gasteiger partial charge < -0.3 is 28.7 Å². The fourth-order valence-corrected chi connectivity index (χ4v) is 2.78. The summed E-state index contributed by atoms with van der Waals surface area (Å²) in [5, 5.41) is 8.36. The van der Waals surface area contributed by atoms with Crippen molar-refractivity contribution < 1.29 is 0 Å². The number of anilines is 4. The summed E-state index contributed by atoms with van der Waals surface area (Å²) in [5.41, 5.74) is 35.3. The van der Waals surface area contributed by atoms with Gasteiger partial charge in [0.15, 0.2) is 0 Å². The minimum atomic E-state index is 0.200. The molecule has 0 saturated carbocycles. The molecule has 6 heteroatoms. The van der Waals surface area contributed by atoms with E-state index in [2.05, 4.69) is 0 Å². The van der Waals surface area contributed by atoms with E-state index in [4.69, 9.17) is 34.1 Å². The van der Waals surface area contributed by atoms with Gasteiger partial charge in [-0.25, -0.2) is 0 Å². The number of benzene rings is 1. The average Bonchev–Trinajstić information content (AvgIpc) is 2.80. The first-order chi connectivity index (χ1) is 9.36. The number of hydrogen-bond acceptors (Lipinski definition) is 6. The van der Waals surface area contributed by atoms with Gasteiger partial charge >= 0.3 is 0 Å². The minimum absolute atomic E-state index is 0.200. The van der Waals surface area contributed by atoms with E-state index < -0.39 is 0 Å². The molecule has 0 amide bonds. The van der Waals surface area contributed by atoms with Crippen molar-refractivity contribution in [2.75, 3.05) is 22.9 Å². The normalized spacial score (nSPS) is 16.8. The number of nitrogen functional groups attached to an aromatic ring is 4. The van der Waals surface area contributed by atoms with Gasteiger partial charge in [0.1, 0.15) is 0 Å². The van der Waals surface area contributed by atoms with Crippen LogP contribution < -0.4 is 28.7 Å². The molecule has 1 aromatic carbocycles. The highest BCUT2D eigenvalue weighted by molar-refractivity contribution is 6.26. The third kappa shape index (κ3) is 1.20. The smallest absolute Gasteiger partial charge is 0.0810 e. The third-order valence-corrected chi connectivity index (χ3v) is 3.88. The number of allylic oxidation sites excluding steroid dienone is 5. The van der Waals surface area contributed by atoms with Crippen LogP contribution in [0.3, 0.4) is 0 Å². The van der Waals surface area contributed by atoms with Crippen LogP contribution >= 0.6 is 0 Å². The van der Waals surface area contributed by atoms with Crippen LogP contribution in [0.25, 0.3) is 5.70 Å². The third-order valence-electron chi connectivity index (χ3n) is 3.88. The second-order valence-electron chi connectivity index (χ2n) is 5.00. The fraction of sp³-hybridized carbons (Fsp3) is 0.0714. The highest BCUT2D eigenvalue weighted by Crippen LogP contribution is 2.47. The zero-order valence-electron chi connectivity index (χ0n) is 11.0. The quantitative estimate of drug-likeness (QED) is 0.386. The molecule has 0 saturated heterocycles. The molecule has 0 spiro atoms. The first-order valence-electron chi connectivity index (χ1n) is 6.10. The van der Waals surface area contributed by atoms with Gasteiger partial charge in [0.25, 0.3) is 0 Å². The molecule has 0 bridgehead atoms. The Bertz CT molecular complexity index is 780. The lowest BCUT2D eigenvalue weighted by molar-refractivity contribution is 1.33. The first kappa shape index (κ1) is 12.2. The average molecular weight is 268 g/mol. The van der Waals surface area contributed by atoms with Gasteiger partial charge in [-0.1, -0.05) is 12.2 Å². The molecule has 2 aliphatic carbocycles. The largest absolute Gasteiger partial charge is 0.398 e. The number of nitrogens with two attached hydrogens (primary N) is 5. The summed E-state index contributed by atoms with van der Waals surface area (Å²) in [7, 11) is 0. The molecule has 0 radical (unpaired) electrons. The van der Waals surface area contributed by atoms with Crippen LogP contribution in [-0.2, 0) is 0 Å². The van der Waals surface area contributed by atoms with E-state index in [1.165, 1.54) is 0 Å². The Morgan fingerprint density at radius 3 is 1.95 bits per heavy atom. The van der Waals surface area contributed by atoms with Crippen molar-refractivity contribution in [2.24, 2.45) is 5.73 Å². The minimum Gasteiger partial charge on any atom is -0.398 e. The second-order valence-corrected chi connectivity index (χ2v) is 5.00. The monoisotopic (exact) mass is 268 g/mol.